The van der Waals surface area contributed by atoms with Crippen molar-refractivity contribution in [2.75, 3.05) is 27.3 Å². The smallest absolute Gasteiger partial charge is 0.329 e. The summed E-state index contributed by atoms with van der Waals surface area (Å²) in [7, 11) is 3.18. The number of aliphatic carboxylic acids is 2. The molecule has 1 aromatic carbocycles. The van der Waals surface area contributed by atoms with Gasteiger partial charge in [-0.2, -0.15) is 0 Å². The second-order valence-electron chi connectivity index (χ2n) is 5.32. The molecule has 0 saturated carbocycles. The Hall–Kier alpha value is -1.99. The van der Waals surface area contributed by atoms with Crippen molar-refractivity contribution < 1.29 is 28.9 Å². The molecule has 6 nitrogen and oxygen atoms in total. The summed E-state index contributed by atoms with van der Waals surface area (Å²) < 4.78 is 18.7. The fourth-order valence-electron chi connectivity index (χ4n) is 2.37. The van der Waals surface area contributed by atoms with E-state index < -0.39 is 36.3 Å². The van der Waals surface area contributed by atoms with Crippen molar-refractivity contribution in [1.29, 1.82) is 0 Å². The summed E-state index contributed by atoms with van der Waals surface area (Å²) in [6.45, 7) is 1.03. The lowest BCUT2D eigenvalue weighted by Crippen LogP contribution is -2.42. The number of hydrogen-bond acceptors (Lipinski definition) is 4. The highest BCUT2D eigenvalue weighted by Gasteiger charge is 2.32. The molecular weight excluding hydrogens is 293 g/mol. The lowest BCUT2D eigenvalue weighted by atomic mass is 9.90. The maximum absolute atomic E-state index is 13.6. The summed E-state index contributed by atoms with van der Waals surface area (Å²) in [5, 5.41) is 18.0. The van der Waals surface area contributed by atoms with E-state index in [4.69, 9.17) is 9.84 Å². The summed E-state index contributed by atoms with van der Waals surface area (Å²) in [5.74, 6) is -3.40. The van der Waals surface area contributed by atoms with Gasteiger partial charge in [0.15, 0.2) is 0 Å². The maximum atomic E-state index is 13.6. The first-order valence-corrected chi connectivity index (χ1v) is 6.68. The summed E-state index contributed by atoms with van der Waals surface area (Å²) in [4.78, 5) is 23.6. The molecule has 122 valence electrons. The second-order valence-corrected chi connectivity index (χ2v) is 5.32. The van der Waals surface area contributed by atoms with Crippen molar-refractivity contribution in [1.82, 2.24) is 4.90 Å². The molecule has 1 aromatic rings. The van der Waals surface area contributed by atoms with Crippen LogP contribution in [0.3, 0.4) is 0 Å². The predicted molar refractivity (Wildman–Crippen MR) is 77.4 cm³/mol. The molecule has 0 amide bonds. The number of ether oxygens (including phenoxy) is 1. The van der Waals surface area contributed by atoms with Gasteiger partial charge in [0.1, 0.15) is 18.5 Å². The van der Waals surface area contributed by atoms with Gasteiger partial charge in [-0.3, -0.25) is 9.69 Å². The van der Waals surface area contributed by atoms with Gasteiger partial charge in [-0.15, -0.1) is 0 Å². The van der Waals surface area contributed by atoms with E-state index in [0.717, 1.165) is 0 Å². The minimum atomic E-state index is -1.15. The highest BCUT2D eigenvalue weighted by Crippen LogP contribution is 2.25. The van der Waals surface area contributed by atoms with Crippen LogP contribution in [0.15, 0.2) is 18.2 Å². The number of carboxylic acid groups (broad SMARTS) is 2. The van der Waals surface area contributed by atoms with Crippen molar-refractivity contribution in [2.45, 2.75) is 18.9 Å². The molecule has 0 aliphatic rings. The Labute approximate surface area is 128 Å². The quantitative estimate of drug-likeness (QED) is 0.753. The van der Waals surface area contributed by atoms with E-state index in [0.29, 0.717) is 11.1 Å². The van der Waals surface area contributed by atoms with Crippen molar-refractivity contribution in [3.8, 4) is 0 Å². The number of rotatable bonds is 8. The van der Waals surface area contributed by atoms with Gasteiger partial charge in [-0.1, -0.05) is 6.07 Å². The molecule has 0 aromatic heterocycles. The number of aryl methyl sites for hydroxylation is 1. The molecule has 2 N–H and O–H groups in total. The molecule has 7 heteroatoms. The van der Waals surface area contributed by atoms with Gasteiger partial charge in [0.2, 0.25) is 0 Å². The standard InChI is InChI=1S/C15H20FNO5/c1-9-4-10(6-11(16)5-9)12(7-22-8-13(18)19)14(15(20)21)17(2)3/h4-6,12,14H,7-8H2,1-3H3,(H,18,19)(H,20,21). The van der Waals surface area contributed by atoms with Gasteiger partial charge >= 0.3 is 11.9 Å². The van der Waals surface area contributed by atoms with Crippen LogP contribution in [0, 0.1) is 12.7 Å². The average Bonchev–Trinajstić information content (AvgIpc) is 2.34. The summed E-state index contributed by atoms with van der Waals surface area (Å²) in [6.07, 6.45) is 0. The van der Waals surface area contributed by atoms with Crippen molar-refractivity contribution in [3.05, 3.63) is 35.1 Å². The molecule has 0 spiro atoms. The molecule has 22 heavy (non-hydrogen) atoms. The molecule has 0 saturated heterocycles. The van der Waals surface area contributed by atoms with Gasteiger partial charge in [-0.25, -0.2) is 9.18 Å². The molecule has 1 rings (SSSR count). The molecule has 2 unspecified atom stereocenters. The highest BCUT2D eigenvalue weighted by atomic mass is 19.1. The molecule has 0 bridgehead atoms. The SMILES string of the molecule is Cc1cc(F)cc(C(COCC(=O)O)C(C(=O)O)N(C)C)c1. The lowest BCUT2D eigenvalue weighted by Gasteiger charge is -2.29. The Morgan fingerprint density at radius 2 is 1.91 bits per heavy atom. The number of carboxylic acids is 2. The molecular formula is C15H20FNO5. The number of hydrogen-bond donors (Lipinski definition) is 2. The van der Waals surface area contributed by atoms with Crippen LogP contribution < -0.4 is 0 Å². The van der Waals surface area contributed by atoms with Gasteiger partial charge in [0.05, 0.1) is 6.61 Å². The summed E-state index contributed by atoms with van der Waals surface area (Å²) >= 11 is 0. The second kappa shape index (κ2) is 7.86. The Balaban J connectivity index is 3.13. The number of carbonyl (C=O) groups is 2. The highest BCUT2D eigenvalue weighted by molar-refractivity contribution is 5.75. The van der Waals surface area contributed by atoms with Gasteiger partial charge in [0, 0.05) is 5.92 Å². The van der Waals surface area contributed by atoms with Crippen LogP contribution >= 0.6 is 0 Å². The first-order valence-electron chi connectivity index (χ1n) is 6.68. The summed E-state index contributed by atoms with van der Waals surface area (Å²) in [6, 6.07) is 3.30. The fraction of sp³-hybridized carbons (Fsp3) is 0.467. The Kier molecular flexibility index (Phi) is 6.45. The first kappa shape index (κ1) is 18.1. The zero-order valence-electron chi connectivity index (χ0n) is 12.7. The minimum Gasteiger partial charge on any atom is -0.480 e. The van der Waals surface area contributed by atoms with Crippen molar-refractivity contribution in [2.24, 2.45) is 0 Å². The van der Waals surface area contributed by atoms with E-state index in [1.165, 1.54) is 17.0 Å². The van der Waals surface area contributed by atoms with E-state index in [1.807, 2.05) is 0 Å². The molecule has 0 aliphatic heterocycles. The molecule has 0 radical (unpaired) electrons. The van der Waals surface area contributed by atoms with E-state index in [2.05, 4.69) is 0 Å². The van der Waals surface area contributed by atoms with Crippen LogP contribution in [0.1, 0.15) is 17.0 Å². The van der Waals surface area contributed by atoms with E-state index in [9.17, 15) is 19.1 Å². The third kappa shape index (κ3) is 5.09. The largest absolute Gasteiger partial charge is 0.480 e. The monoisotopic (exact) mass is 313 g/mol. The van der Waals surface area contributed by atoms with Crippen LogP contribution in [0.25, 0.3) is 0 Å². The van der Waals surface area contributed by atoms with Crippen LogP contribution in [-0.2, 0) is 14.3 Å². The topological polar surface area (TPSA) is 87.1 Å². The molecule has 0 heterocycles. The van der Waals surface area contributed by atoms with Crippen molar-refractivity contribution >= 4 is 11.9 Å². The maximum Gasteiger partial charge on any atom is 0.329 e. The van der Waals surface area contributed by atoms with Gasteiger partial charge < -0.3 is 14.9 Å². The third-order valence-corrected chi connectivity index (χ3v) is 3.21. The molecule has 2 atom stereocenters. The van der Waals surface area contributed by atoms with Gasteiger partial charge in [0.25, 0.3) is 0 Å². The zero-order valence-corrected chi connectivity index (χ0v) is 12.7. The van der Waals surface area contributed by atoms with Crippen LogP contribution in [0.4, 0.5) is 4.39 Å². The van der Waals surface area contributed by atoms with Crippen LogP contribution in [0.5, 0.6) is 0 Å². The Morgan fingerprint density at radius 1 is 1.27 bits per heavy atom. The first-order chi connectivity index (χ1) is 10.2. The zero-order chi connectivity index (χ0) is 16.9. The average molecular weight is 313 g/mol. The third-order valence-electron chi connectivity index (χ3n) is 3.21. The Bertz CT molecular complexity index is 526. The molecule has 0 fully saturated rings. The number of halogens is 1. The van der Waals surface area contributed by atoms with Crippen LogP contribution in [-0.4, -0.2) is 60.4 Å². The Morgan fingerprint density at radius 3 is 2.36 bits per heavy atom. The van der Waals surface area contributed by atoms with Crippen molar-refractivity contribution in [3.63, 3.8) is 0 Å². The van der Waals surface area contributed by atoms with E-state index in [-0.39, 0.29) is 6.61 Å². The normalized spacial score (nSPS) is 13.9. The summed E-state index contributed by atoms with van der Waals surface area (Å²) in [5.41, 5.74) is 1.12. The fourth-order valence-corrected chi connectivity index (χ4v) is 2.37. The number of benzene rings is 1. The number of likely N-dealkylation sites (N-methyl/N-ethyl adjacent to an activating group) is 1. The molecule has 0 aliphatic carbocycles. The minimum absolute atomic E-state index is 0.135. The van der Waals surface area contributed by atoms with E-state index >= 15 is 0 Å². The number of nitrogens with zero attached hydrogens (tertiary/aromatic N) is 1. The van der Waals surface area contributed by atoms with Crippen LogP contribution in [0.2, 0.25) is 0 Å². The lowest BCUT2D eigenvalue weighted by molar-refractivity contribution is -0.145. The van der Waals surface area contributed by atoms with Gasteiger partial charge in [-0.05, 0) is 44.3 Å². The van der Waals surface area contributed by atoms with E-state index in [1.54, 1.807) is 27.1 Å². The predicted octanol–water partition coefficient (Wildman–Crippen LogP) is 1.33.